The molecule has 2 fully saturated rings. The summed E-state index contributed by atoms with van der Waals surface area (Å²) in [6.07, 6.45) is 13.2. The number of ether oxygens (including phenoxy) is 1. The van der Waals surface area contributed by atoms with E-state index < -0.39 is 11.0 Å². The SMILES string of the molecule is CCCCC(=O)OCC(=O)[C@@]1(O)CC[C@H]2[C@@H]3CCC4=CC(=O)C=C[C@]4(C)C3=CC[C@@]21C. The number of rotatable bonds is 6. The van der Waals surface area contributed by atoms with Gasteiger partial charge in [-0.2, -0.15) is 0 Å². The quantitative estimate of drug-likeness (QED) is 0.507. The molecule has 0 amide bonds. The van der Waals surface area contributed by atoms with Crippen molar-refractivity contribution in [3.05, 3.63) is 35.5 Å². The molecule has 0 aromatic rings. The second-order valence-corrected chi connectivity index (χ2v) is 10.2. The Morgan fingerprint density at radius 3 is 2.77 bits per heavy atom. The van der Waals surface area contributed by atoms with Crippen LogP contribution in [0.15, 0.2) is 35.5 Å². The van der Waals surface area contributed by atoms with Crippen LogP contribution in [0.4, 0.5) is 0 Å². The van der Waals surface area contributed by atoms with E-state index in [2.05, 4.69) is 13.0 Å². The predicted molar refractivity (Wildman–Crippen MR) is 117 cm³/mol. The minimum Gasteiger partial charge on any atom is -0.458 e. The fourth-order valence-corrected chi connectivity index (χ4v) is 6.65. The lowest BCUT2D eigenvalue weighted by molar-refractivity contribution is -0.163. The minimum absolute atomic E-state index is 0.0569. The van der Waals surface area contributed by atoms with Gasteiger partial charge in [-0.1, -0.05) is 43.6 Å². The summed E-state index contributed by atoms with van der Waals surface area (Å²) < 4.78 is 5.20. The van der Waals surface area contributed by atoms with Crippen LogP contribution in [0.2, 0.25) is 0 Å². The van der Waals surface area contributed by atoms with Crippen molar-refractivity contribution in [3.63, 3.8) is 0 Å². The van der Waals surface area contributed by atoms with Crippen molar-refractivity contribution >= 4 is 17.5 Å². The van der Waals surface area contributed by atoms with Crippen LogP contribution in [0.5, 0.6) is 0 Å². The molecule has 2 saturated carbocycles. The Bertz CT molecular complexity index is 895. The number of unbranched alkanes of at least 4 members (excludes halogenated alkanes) is 1. The molecule has 5 atom stereocenters. The first-order chi connectivity index (χ1) is 14.7. The van der Waals surface area contributed by atoms with E-state index in [1.54, 1.807) is 12.2 Å². The zero-order valence-electron chi connectivity index (χ0n) is 18.9. The Labute approximate surface area is 184 Å². The van der Waals surface area contributed by atoms with Gasteiger partial charge in [0.25, 0.3) is 0 Å². The van der Waals surface area contributed by atoms with E-state index in [1.807, 2.05) is 19.9 Å². The lowest BCUT2D eigenvalue weighted by atomic mass is 9.51. The Hall–Kier alpha value is -2.01. The van der Waals surface area contributed by atoms with Gasteiger partial charge in [0.1, 0.15) is 5.60 Å². The average Bonchev–Trinajstić information content (AvgIpc) is 3.03. The minimum atomic E-state index is -1.47. The fraction of sp³-hybridized carbons (Fsp3) is 0.654. The molecule has 4 rings (SSSR count). The van der Waals surface area contributed by atoms with Crippen LogP contribution >= 0.6 is 0 Å². The molecule has 0 aromatic heterocycles. The van der Waals surface area contributed by atoms with Gasteiger partial charge in [-0.15, -0.1) is 0 Å². The number of allylic oxidation sites excluding steroid dienone is 6. The second kappa shape index (κ2) is 7.84. The van der Waals surface area contributed by atoms with Crippen molar-refractivity contribution in [3.8, 4) is 0 Å². The first-order valence-electron chi connectivity index (χ1n) is 11.7. The molecule has 5 heteroatoms. The zero-order chi connectivity index (χ0) is 22.4. The van der Waals surface area contributed by atoms with Crippen molar-refractivity contribution < 1.29 is 24.2 Å². The molecule has 0 aliphatic heterocycles. The van der Waals surface area contributed by atoms with E-state index in [1.165, 1.54) is 11.1 Å². The van der Waals surface area contributed by atoms with E-state index >= 15 is 0 Å². The highest BCUT2D eigenvalue weighted by atomic mass is 16.5. The normalized spacial score (nSPS) is 38.5. The smallest absolute Gasteiger partial charge is 0.306 e. The van der Waals surface area contributed by atoms with Gasteiger partial charge in [0.05, 0.1) is 0 Å². The van der Waals surface area contributed by atoms with Gasteiger partial charge >= 0.3 is 5.97 Å². The topological polar surface area (TPSA) is 80.7 Å². The highest BCUT2D eigenvalue weighted by Gasteiger charge is 2.64. The molecule has 0 bridgehead atoms. The van der Waals surface area contributed by atoms with Crippen molar-refractivity contribution in [1.29, 1.82) is 0 Å². The Morgan fingerprint density at radius 1 is 1.26 bits per heavy atom. The molecular formula is C26H34O5. The van der Waals surface area contributed by atoms with Gasteiger partial charge < -0.3 is 9.84 Å². The summed E-state index contributed by atoms with van der Waals surface area (Å²) in [5.74, 6) is -0.205. The third kappa shape index (κ3) is 3.36. The summed E-state index contributed by atoms with van der Waals surface area (Å²) in [5.41, 5.74) is 0.228. The number of ketones is 2. The molecule has 0 saturated heterocycles. The number of hydrogen-bond donors (Lipinski definition) is 1. The van der Waals surface area contributed by atoms with Gasteiger partial charge in [-0.3, -0.25) is 14.4 Å². The first kappa shape index (κ1) is 22.2. The maximum atomic E-state index is 13.1. The highest BCUT2D eigenvalue weighted by Crippen LogP contribution is 2.65. The van der Waals surface area contributed by atoms with E-state index in [-0.39, 0.29) is 41.4 Å². The summed E-state index contributed by atoms with van der Waals surface area (Å²) >= 11 is 0. The molecule has 4 aliphatic rings. The third-order valence-electron chi connectivity index (χ3n) is 8.66. The summed E-state index contributed by atoms with van der Waals surface area (Å²) in [4.78, 5) is 36.8. The van der Waals surface area contributed by atoms with E-state index in [0.29, 0.717) is 19.3 Å². The van der Waals surface area contributed by atoms with E-state index in [4.69, 9.17) is 4.74 Å². The third-order valence-corrected chi connectivity index (χ3v) is 8.66. The van der Waals surface area contributed by atoms with Crippen LogP contribution in [-0.4, -0.2) is 34.9 Å². The standard InChI is InChI=1S/C26H34O5/c1-4-5-6-23(29)31-16-22(28)26(30)14-11-21-19-8-7-17-15-18(27)9-12-24(17,2)20(19)10-13-25(21,26)3/h9-10,12,15,19,21,30H,4-8,11,13-14,16H2,1-3H3/t19-,21+,24+,25+,26+/m1/s1. The molecule has 31 heavy (non-hydrogen) atoms. The van der Waals surface area contributed by atoms with Gasteiger partial charge in [0, 0.05) is 17.3 Å². The molecule has 0 spiro atoms. The molecule has 168 valence electrons. The Kier molecular flexibility index (Phi) is 5.61. The number of carbonyl (C=O) groups is 3. The number of aliphatic hydroxyl groups is 1. The number of hydrogen-bond acceptors (Lipinski definition) is 5. The predicted octanol–water partition coefficient (Wildman–Crippen LogP) is 4.25. The summed E-state index contributed by atoms with van der Waals surface area (Å²) in [6, 6.07) is 0. The number of carbonyl (C=O) groups excluding carboxylic acids is 3. The molecule has 0 aromatic carbocycles. The van der Waals surface area contributed by atoms with Gasteiger partial charge in [0.2, 0.25) is 5.78 Å². The molecule has 0 radical (unpaired) electrons. The molecule has 0 heterocycles. The molecular weight excluding hydrogens is 392 g/mol. The van der Waals surface area contributed by atoms with Crippen molar-refractivity contribution in [2.75, 3.05) is 6.61 Å². The van der Waals surface area contributed by atoms with Gasteiger partial charge in [0.15, 0.2) is 12.4 Å². The average molecular weight is 427 g/mol. The van der Waals surface area contributed by atoms with Crippen LogP contribution in [0.3, 0.4) is 0 Å². The Balaban J connectivity index is 1.56. The lowest BCUT2D eigenvalue weighted by Crippen LogP contribution is -2.55. The highest BCUT2D eigenvalue weighted by molar-refractivity contribution is 6.01. The monoisotopic (exact) mass is 426 g/mol. The largest absolute Gasteiger partial charge is 0.458 e. The van der Waals surface area contributed by atoms with Crippen LogP contribution < -0.4 is 0 Å². The van der Waals surface area contributed by atoms with Crippen molar-refractivity contribution in [2.24, 2.45) is 22.7 Å². The van der Waals surface area contributed by atoms with E-state index in [0.717, 1.165) is 32.1 Å². The summed E-state index contributed by atoms with van der Waals surface area (Å²) in [6.45, 7) is 5.86. The van der Waals surface area contributed by atoms with Crippen molar-refractivity contribution in [2.45, 2.75) is 77.7 Å². The molecule has 0 unspecified atom stereocenters. The molecule has 1 N–H and O–H groups in total. The fourth-order valence-electron chi connectivity index (χ4n) is 6.65. The van der Waals surface area contributed by atoms with E-state index in [9.17, 15) is 19.5 Å². The second-order valence-electron chi connectivity index (χ2n) is 10.2. The molecule has 5 nitrogen and oxygen atoms in total. The maximum Gasteiger partial charge on any atom is 0.306 e. The Morgan fingerprint density at radius 2 is 2.03 bits per heavy atom. The van der Waals surface area contributed by atoms with Gasteiger partial charge in [-0.25, -0.2) is 0 Å². The molecule has 4 aliphatic carbocycles. The first-order valence-corrected chi connectivity index (χ1v) is 11.7. The zero-order valence-corrected chi connectivity index (χ0v) is 18.9. The summed E-state index contributed by atoms with van der Waals surface area (Å²) in [5, 5.41) is 11.6. The van der Waals surface area contributed by atoms with Crippen LogP contribution in [0, 0.1) is 22.7 Å². The van der Waals surface area contributed by atoms with Crippen molar-refractivity contribution in [1.82, 2.24) is 0 Å². The van der Waals surface area contributed by atoms with Crippen LogP contribution in [0.1, 0.15) is 72.1 Å². The van der Waals surface area contributed by atoms with Crippen LogP contribution in [-0.2, 0) is 19.1 Å². The summed E-state index contributed by atoms with van der Waals surface area (Å²) in [7, 11) is 0. The van der Waals surface area contributed by atoms with Gasteiger partial charge in [-0.05, 0) is 69.4 Å². The number of esters is 1. The van der Waals surface area contributed by atoms with Crippen LogP contribution in [0.25, 0.3) is 0 Å². The maximum absolute atomic E-state index is 13.1. The number of fused-ring (bicyclic) bond motifs is 5. The number of Topliss-reactive ketones (excluding diaryl/α,β-unsaturated/α-hetero) is 1. The lowest BCUT2D eigenvalue weighted by Gasteiger charge is -2.53.